The molecule has 0 radical (unpaired) electrons. The predicted octanol–water partition coefficient (Wildman–Crippen LogP) is 5.74. The lowest BCUT2D eigenvalue weighted by Crippen LogP contribution is -2.61. The molecule has 0 amide bonds. The number of rotatable bonds is 6. The molecule has 0 unspecified atom stereocenters. The summed E-state index contributed by atoms with van der Waals surface area (Å²) in [6, 6.07) is 5.80. The normalized spacial score (nSPS) is 19.8. The van der Waals surface area contributed by atoms with Crippen molar-refractivity contribution in [2.75, 3.05) is 18.0 Å². The van der Waals surface area contributed by atoms with Crippen molar-refractivity contribution < 1.29 is 22.8 Å². The summed E-state index contributed by atoms with van der Waals surface area (Å²) in [5, 5.41) is 3.98. The number of aldehydes is 1. The van der Waals surface area contributed by atoms with Gasteiger partial charge in [0.2, 0.25) is 0 Å². The Hall–Kier alpha value is -3.03. The summed E-state index contributed by atoms with van der Waals surface area (Å²) in [4.78, 5) is 17.3. The van der Waals surface area contributed by atoms with Gasteiger partial charge in [-0.25, -0.2) is 8.78 Å². The van der Waals surface area contributed by atoms with Gasteiger partial charge in [-0.3, -0.25) is 4.79 Å². The molecule has 0 aliphatic carbocycles. The Kier molecular flexibility index (Phi) is 6.60. The number of benzene rings is 1. The second kappa shape index (κ2) is 9.31. The molecule has 0 N–H and O–H groups in total. The zero-order valence-electron chi connectivity index (χ0n) is 20.1. The van der Waals surface area contributed by atoms with Crippen molar-refractivity contribution in [2.45, 2.75) is 70.8 Å². The third-order valence-electron chi connectivity index (χ3n) is 6.80. The van der Waals surface area contributed by atoms with Crippen molar-refractivity contribution in [1.82, 2.24) is 10.1 Å². The van der Waals surface area contributed by atoms with Crippen LogP contribution >= 0.6 is 0 Å². The van der Waals surface area contributed by atoms with Crippen LogP contribution in [0.2, 0.25) is 0 Å². The first-order valence-corrected chi connectivity index (χ1v) is 11.8. The first kappa shape index (κ1) is 24.1. The van der Waals surface area contributed by atoms with Crippen molar-refractivity contribution in [3.05, 3.63) is 52.9 Å². The van der Waals surface area contributed by atoms with Crippen LogP contribution in [-0.4, -0.2) is 41.0 Å². The van der Waals surface area contributed by atoms with Crippen LogP contribution in [0.15, 0.2) is 40.4 Å². The average molecular weight is 472 g/mol. The zero-order valence-corrected chi connectivity index (χ0v) is 20.1. The SMILES string of the molecule is CC/C(C=O)=C\C=C(/C)c1ccc2c(c1)CC(F)(F)C1(CCN(c3nc(C(C)C)no3)CC1)O2. The number of hydrogen-bond donors (Lipinski definition) is 0. The zero-order chi connectivity index (χ0) is 24.5. The number of aromatic nitrogens is 2. The Morgan fingerprint density at radius 1 is 1.24 bits per heavy atom. The minimum atomic E-state index is -3.01. The maximum Gasteiger partial charge on any atom is 0.324 e. The van der Waals surface area contributed by atoms with E-state index in [2.05, 4.69) is 10.1 Å². The first-order chi connectivity index (χ1) is 16.2. The van der Waals surface area contributed by atoms with Crippen molar-refractivity contribution in [2.24, 2.45) is 0 Å². The van der Waals surface area contributed by atoms with E-state index in [0.29, 0.717) is 48.2 Å². The van der Waals surface area contributed by atoms with E-state index in [-0.39, 0.29) is 25.2 Å². The number of allylic oxidation sites excluding steroid dienone is 4. The number of ether oxygens (including phenoxy) is 1. The number of fused-ring (bicyclic) bond motifs is 1. The molecular weight excluding hydrogens is 440 g/mol. The van der Waals surface area contributed by atoms with Gasteiger partial charge in [0, 0.05) is 43.8 Å². The predicted molar refractivity (Wildman–Crippen MR) is 126 cm³/mol. The lowest BCUT2D eigenvalue weighted by Gasteiger charge is -2.48. The average Bonchev–Trinajstić information content (AvgIpc) is 3.31. The minimum absolute atomic E-state index is 0.134. The standard InChI is InChI=1S/C26H31F2N3O3/c1-5-19(16-32)7-6-18(4)20-8-9-22-21(14-20)15-26(27,28)25(33-22)10-12-31(13-11-25)24-29-23(17(2)3)30-34-24/h6-9,14,16-17H,5,10-13,15H2,1-4H3/b18-6+,19-7+. The summed E-state index contributed by atoms with van der Waals surface area (Å²) in [6.45, 7) is 8.47. The smallest absolute Gasteiger partial charge is 0.324 e. The Morgan fingerprint density at radius 2 is 1.97 bits per heavy atom. The first-order valence-electron chi connectivity index (χ1n) is 11.8. The van der Waals surface area contributed by atoms with Crippen molar-refractivity contribution in [3.8, 4) is 5.75 Å². The van der Waals surface area contributed by atoms with Gasteiger partial charge in [0.15, 0.2) is 11.4 Å². The molecule has 0 atom stereocenters. The molecule has 0 saturated carbocycles. The molecule has 0 bridgehead atoms. The highest BCUT2D eigenvalue weighted by molar-refractivity contribution is 5.75. The van der Waals surface area contributed by atoms with Crippen molar-refractivity contribution in [3.63, 3.8) is 0 Å². The molecule has 1 saturated heterocycles. The van der Waals surface area contributed by atoms with Gasteiger partial charge in [0.1, 0.15) is 12.0 Å². The van der Waals surface area contributed by atoms with Crippen molar-refractivity contribution >= 4 is 17.9 Å². The maximum atomic E-state index is 15.5. The molecule has 1 aromatic carbocycles. The third kappa shape index (κ3) is 4.50. The van der Waals surface area contributed by atoms with Crippen molar-refractivity contribution in [1.29, 1.82) is 0 Å². The molecule has 8 heteroatoms. The van der Waals surface area contributed by atoms with Gasteiger partial charge in [-0.15, -0.1) is 0 Å². The van der Waals surface area contributed by atoms with Crippen LogP contribution in [0, 0.1) is 0 Å². The number of anilines is 1. The largest absolute Gasteiger partial charge is 0.481 e. The summed E-state index contributed by atoms with van der Waals surface area (Å²) >= 11 is 0. The van der Waals surface area contributed by atoms with E-state index in [9.17, 15) is 4.79 Å². The minimum Gasteiger partial charge on any atom is -0.481 e. The Bertz CT molecular complexity index is 1110. The van der Waals surface area contributed by atoms with Crippen LogP contribution in [-0.2, 0) is 11.2 Å². The van der Waals surface area contributed by atoms with Crippen LogP contribution in [0.1, 0.15) is 69.8 Å². The van der Waals surface area contributed by atoms with Crippen LogP contribution in [0.4, 0.5) is 14.8 Å². The number of halogens is 2. The van der Waals surface area contributed by atoms with E-state index in [4.69, 9.17) is 9.26 Å². The van der Waals surface area contributed by atoms with Gasteiger partial charge in [0.05, 0.1) is 0 Å². The molecule has 2 aliphatic heterocycles. The van der Waals surface area contributed by atoms with Crippen LogP contribution in [0.3, 0.4) is 0 Å². The third-order valence-corrected chi connectivity index (χ3v) is 6.80. The number of piperidine rings is 1. The van der Waals surface area contributed by atoms with Gasteiger partial charge in [0.25, 0.3) is 5.92 Å². The molecule has 6 nitrogen and oxygen atoms in total. The topological polar surface area (TPSA) is 68.5 Å². The highest BCUT2D eigenvalue weighted by atomic mass is 19.3. The maximum absolute atomic E-state index is 15.5. The second-order valence-corrected chi connectivity index (χ2v) is 9.44. The molecular formula is C26H31F2N3O3. The lowest BCUT2D eigenvalue weighted by atomic mass is 9.79. The van der Waals surface area contributed by atoms with E-state index in [1.54, 1.807) is 18.2 Å². The quantitative estimate of drug-likeness (QED) is 0.304. The fraction of sp³-hybridized carbons (Fsp3) is 0.500. The fourth-order valence-corrected chi connectivity index (χ4v) is 4.43. The Morgan fingerprint density at radius 3 is 2.59 bits per heavy atom. The molecule has 34 heavy (non-hydrogen) atoms. The van der Waals surface area contributed by atoms with Gasteiger partial charge in [-0.1, -0.05) is 44.1 Å². The van der Waals surface area contributed by atoms with Crippen LogP contribution < -0.4 is 9.64 Å². The lowest BCUT2D eigenvalue weighted by molar-refractivity contribution is -0.185. The number of carbonyl (C=O) groups is 1. The molecule has 1 fully saturated rings. The summed E-state index contributed by atoms with van der Waals surface area (Å²) < 4.78 is 42.4. The molecule has 4 rings (SSSR count). The highest BCUT2D eigenvalue weighted by Crippen LogP contribution is 2.49. The fourth-order valence-electron chi connectivity index (χ4n) is 4.43. The number of carbonyl (C=O) groups excluding carboxylic acids is 1. The van der Waals surface area contributed by atoms with E-state index >= 15 is 8.78 Å². The molecule has 2 aromatic rings. The molecule has 2 aliphatic rings. The van der Waals surface area contributed by atoms with E-state index in [1.165, 1.54) is 0 Å². The molecule has 182 valence electrons. The van der Waals surface area contributed by atoms with Crippen LogP contribution in [0.25, 0.3) is 5.57 Å². The van der Waals surface area contributed by atoms with Gasteiger partial charge >= 0.3 is 6.01 Å². The number of hydrogen-bond acceptors (Lipinski definition) is 6. The monoisotopic (exact) mass is 471 g/mol. The summed E-state index contributed by atoms with van der Waals surface area (Å²) in [6.07, 6.45) is 5.04. The van der Waals surface area contributed by atoms with E-state index in [0.717, 1.165) is 17.4 Å². The Labute approximate surface area is 198 Å². The summed E-state index contributed by atoms with van der Waals surface area (Å²) in [5.41, 5.74) is 1.36. The van der Waals surface area contributed by atoms with Crippen LogP contribution in [0.5, 0.6) is 5.75 Å². The van der Waals surface area contributed by atoms with Gasteiger partial charge in [-0.2, -0.15) is 4.98 Å². The van der Waals surface area contributed by atoms with E-state index in [1.807, 2.05) is 44.7 Å². The summed E-state index contributed by atoms with van der Waals surface area (Å²) in [7, 11) is 0. The molecule has 1 spiro atoms. The van der Waals surface area contributed by atoms with E-state index < -0.39 is 11.5 Å². The summed E-state index contributed by atoms with van der Waals surface area (Å²) in [5.74, 6) is -1.76. The molecule has 3 heterocycles. The number of alkyl halides is 2. The highest BCUT2D eigenvalue weighted by Gasteiger charge is 2.59. The Balaban J connectivity index is 1.52. The molecule has 1 aromatic heterocycles. The number of nitrogens with zero attached hydrogens (tertiary/aromatic N) is 3. The second-order valence-electron chi connectivity index (χ2n) is 9.44. The van der Waals surface area contributed by atoms with Gasteiger partial charge < -0.3 is 14.2 Å². The van der Waals surface area contributed by atoms with Gasteiger partial charge in [-0.05, 0) is 42.2 Å².